The molecule has 20 heavy (non-hydrogen) atoms. The molecule has 1 aromatic rings. The zero-order valence-electron chi connectivity index (χ0n) is 12.5. The molecule has 2 N–H and O–H groups in total. The molecule has 0 saturated carbocycles. The summed E-state index contributed by atoms with van der Waals surface area (Å²) < 4.78 is 0. The van der Waals surface area contributed by atoms with Crippen LogP contribution in [0.15, 0.2) is 53.6 Å². The van der Waals surface area contributed by atoms with Crippen molar-refractivity contribution in [2.45, 2.75) is 33.3 Å². The van der Waals surface area contributed by atoms with Gasteiger partial charge in [-0.05, 0) is 37.3 Å². The average molecular weight is 272 g/mol. The first-order chi connectivity index (χ1) is 9.49. The summed E-state index contributed by atoms with van der Waals surface area (Å²) in [6, 6.07) is 9.69. The fraction of sp³-hybridized carbons (Fsp3) is 0.444. The number of aliphatic hydroxyl groups excluding tert-OH is 2. The highest BCUT2D eigenvalue weighted by Gasteiger charge is 2.41. The Kier molecular flexibility index (Phi) is 4.46. The zero-order chi connectivity index (χ0) is 14.8. The number of hydrogen-bond acceptors (Lipinski definition) is 2. The second-order valence-electron chi connectivity index (χ2n) is 6.12. The number of benzene rings is 1. The lowest BCUT2D eigenvalue weighted by molar-refractivity contribution is 0.00253. The van der Waals surface area contributed by atoms with Gasteiger partial charge in [0.2, 0.25) is 0 Å². The first kappa shape index (κ1) is 15.0. The van der Waals surface area contributed by atoms with E-state index in [2.05, 4.69) is 26.0 Å². The van der Waals surface area contributed by atoms with Gasteiger partial charge >= 0.3 is 0 Å². The first-order valence-electron chi connectivity index (χ1n) is 7.18. The lowest BCUT2D eigenvalue weighted by Gasteiger charge is -2.41. The van der Waals surface area contributed by atoms with Crippen LogP contribution in [0, 0.1) is 11.3 Å². The van der Waals surface area contributed by atoms with Crippen LogP contribution in [0.1, 0.15) is 38.9 Å². The molecule has 0 heterocycles. The summed E-state index contributed by atoms with van der Waals surface area (Å²) in [6.45, 7) is 6.29. The minimum atomic E-state index is -0.601. The molecular weight excluding hydrogens is 248 g/mol. The van der Waals surface area contributed by atoms with Gasteiger partial charge in [0.25, 0.3) is 0 Å². The topological polar surface area (TPSA) is 40.5 Å². The molecule has 3 unspecified atom stereocenters. The number of rotatable bonds is 3. The van der Waals surface area contributed by atoms with Crippen LogP contribution in [0.25, 0.3) is 0 Å². The third-order valence-corrected chi connectivity index (χ3v) is 4.56. The molecule has 2 rings (SSSR count). The van der Waals surface area contributed by atoms with Crippen molar-refractivity contribution in [2.24, 2.45) is 11.3 Å². The van der Waals surface area contributed by atoms with Gasteiger partial charge in [-0.25, -0.2) is 0 Å². The van der Waals surface area contributed by atoms with Gasteiger partial charge in [0.1, 0.15) is 0 Å². The SMILES string of the molecule is CC(C)=C1C=CC(C)(C(O)c2ccccc2)C(CO)C1. The Hall–Kier alpha value is -1.38. The molecule has 1 aliphatic carbocycles. The second kappa shape index (κ2) is 5.94. The molecule has 0 fully saturated rings. The maximum Gasteiger partial charge on any atom is 0.0881 e. The third-order valence-electron chi connectivity index (χ3n) is 4.56. The lowest BCUT2D eigenvalue weighted by Crippen LogP contribution is -2.36. The average Bonchev–Trinajstić information content (AvgIpc) is 2.47. The zero-order valence-corrected chi connectivity index (χ0v) is 12.5. The molecule has 0 aliphatic heterocycles. The maximum atomic E-state index is 10.8. The molecule has 1 aromatic carbocycles. The van der Waals surface area contributed by atoms with Crippen LogP contribution < -0.4 is 0 Å². The van der Waals surface area contributed by atoms with Crippen LogP contribution in [0.3, 0.4) is 0 Å². The molecule has 1 aliphatic rings. The van der Waals surface area contributed by atoms with E-state index in [1.54, 1.807) is 0 Å². The quantitative estimate of drug-likeness (QED) is 0.882. The van der Waals surface area contributed by atoms with Crippen molar-refractivity contribution in [3.05, 3.63) is 59.2 Å². The van der Waals surface area contributed by atoms with E-state index in [9.17, 15) is 10.2 Å². The van der Waals surface area contributed by atoms with E-state index in [-0.39, 0.29) is 12.5 Å². The van der Waals surface area contributed by atoms with Crippen molar-refractivity contribution in [3.8, 4) is 0 Å². The van der Waals surface area contributed by atoms with E-state index in [0.29, 0.717) is 0 Å². The highest BCUT2D eigenvalue weighted by atomic mass is 16.3. The Morgan fingerprint density at radius 3 is 2.50 bits per heavy atom. The molecule has 0 amide bonds. The van der Waals surface area contributed by atoms with Gasteiger partial charge < -0.3 is 10.2 Å². The van der Waals surface area contributed by atoms with Gasteiger partial charge in [0.15, 0.2) is 0 Å². The normalized spacial score (nSPS) is 27.4. The molecule has 0 radical (unpaired) electrons. The Morgan fingerprint density at radius 1 is 1.30 bits per heavy atom. The van der Waals surface area contributed by atoms with E-state index in [0.717, 1.165) is 12.0 Å². The largest absolute Gasteiger partial charge is 0.396 e. The van der Waals surface area contributed by atoms with Gasteiger partial charge in [-0.2, -0.15) is 0 Å². The summed E-state index contributed by atoms with van der Waals surface area (Å²) in [4.78, 5) is 0. The van der Waals surface area contributed by atoms with E-state index >= 15 is 0 Å². The lowest BCUT2D eigenvalue weighted by atomic mass is 9.65. The second-order valence-corrected chi connectivity index (χ2v) is 6.12. The molecule has 2 heteroatoms. The van der Waals surface area contributed by atoms with Crippen LogP contribution in [0.2, 0.25) is 0 Å². The minimum absolute atomic E-state index is 0.0348. The van der Waals surface area contributed by atoms with Crippen molar-refractivity contribution in [1.82, 2.24) is 0 Å². The molecule has 3 atom stereocenters. The number of aliphatic hydroxyl groups is 2. The van der Waals surface area contributed by atoms with Crippen LogP contribution in [-0.4, -0.2) is 16.8 Å². The van der Waals surface area contributed by atoms with Crippen LogP contribution in [-0.2, 0) is 0 Å². The van der Waals surface area contributed by atoms with Gasteiger partial charge in [-0.15, -0.1) is 0 Å². The standard InChI is InChI=1S/C18H24O2/c1-13(2)15-9-10-18(3,16(11-15)12-19)17(20)14-7-5-4-6-8-14/h4-10,16-17,19-20H,11-12H2,1-3H3. The summed E-state index contributed by atoms with van der Waals surface area (Å²) in [5.74, 6) is 0.0348. The van der Waals surface area contributed by atoms with Crippen molar-refractivity contribution >= 4 is 0 Å². The summed E-state index contributed by atoms with van der Waals surface area (Å²) in [5.41, 5.74) is 3.01. The maximum absolute atomic E-state index is 10.8. The summed E-state index contributed by atoms with van der Waals surface area (Å²) in [5, 5.41) is 20.5. The third kappa shape index (κ3) is 2.72. The van der Waals surface area contributed by atoms with E-state index in [1.165, 1.54) is 11.1 Å². The minimum Gasteiger partial charge on any atom is -0.396 e. The van der Waals surface area contributed by atoms with Gasteiger partial charge in [-0.3, -0.25) is 0 Å². The Morgan fingerprint density at radius 2 is 1.95 bits per heavy atom. The molecule has 0 spiro atoms. The number of allylic oxidation sites excluding steroid dienone is 3. The van der Waals surface area contributed by atoms with Gasteiger partial charge in [-0.1, -0.05) is 55.0 Å². The molecule has 0 aromatic heterocycles. The fourth-order valence-corrected chi connectivity index (χ4v) is 2.91. The Balaban J connectivity index is 2.38. The summed E-state index contributed by atoms with van der Waals surface area (Å²) in [7, 11) is 0. The monoisotopic (exact) mass is 272 g/mol. The van der Waals surface area contributed by atoms with Gasteiger partial charge in [0.05, 0.1) is 6.10 Å². The van der Waals surface area contributed by atoms with Gasteiger partial charge in [0, 0.05) is 12.0 Å². The molecule has 0 saturated heterocycles. The highest BCUT2D eigenvalue weighted by molar-refractivity contribution is 5.33. The van der Waals surface area contributed by atoms with Crippen LogP contribution in [0.5, 0.6) is 0 Å². The Bertz CT molecular complexity index is 511. The summed E-state index contributed by atoms with van der Waals surface area (Å²) in [6.07, 6.45) is 4.39. The molecule has 108 valence electrons. The molecule has 2 nitrogen and oxygen atoms in total. The van der Waals surface area contributed by atoms with Crippen molar-refractivity contribution in [1.29, 1.82) is 0 Å². The van der Waals surface area contributed by atoms with Crippen LogP contribution >= 0.6 is 0 Å². The van der Waals surface area contributed by atoms with E-state index < -0.39 is 11.5 Å². The van der Waals surface area contributed by atoms with Crippen molar-refractivity contribution < 1.29 is 10.2 Å². The Labute approximate surface area is 121 Å². The van der Waals surface area contributed by atoms with Crippen molar-refractivity contribution in [2.75, 3.05) is 6.61 Å². The smallest absolute Gasteiger partial charge is 0.0881 e. The fourth-order valence-electron chi connectivity index (χ4n) is 2.91. The van der Waals surface area contributed by atoms with Crippen molar-refractivity contribution in [3.63, 3.8) is 0 Å². The summed E-state index contributed by atoms with van der Waals surface area (Å²) >= 11 is 0. The highest BCUT2D eigenvalue weighted by Crippen LogP contribution is 2.47. The predicted octanol–water partition coefficient (Wildman–Crippen LogP) is 3.63. The molecular formula is C18H24O2. The van der Waals surface area contributed by atoms with E-state index in [1.807, 2.05) is 37.3 Å². The van der Waals surface area contributed by atoms with E-state index in [4.69, 9.17) is 0 Å². The van der Waals surface area contributed by atoms with Crippen LogP contribution in [0.4, 0.5) is 0 Å². The number of hydrogen-bond donors (Lipinski definition) is 2. The first-order valence-corrected chi connectivity index (χ1v) is 7.18. The molecule has 0 bridgehead atoms. The predicted molar refractivity (Wildman–Crippen MR) is 82.2 cm³/mol.